The zero-order valence-corrected chi connectivity index (χ0v) is 16.3. The first-order valence-corrected chi connectivity index (χ1v) is 8.84. The fourth-order valence-electron chi connectivity index (χ4n) is 2.40. The third-order valence-electron chi connectivity index (χ3n) is 3.76. The number of nitrogens with one attached hydrogen (secondary N) is 1. The van der Waals surface area contributed by atoms with Gasteiger partial charge in [-0.25, -0.2) is 14.1 Å². The van der Waals surface area contributed by atoms with Gasteiger partial charge in [-0.05, 0) is 41.9 Å². The number of carbonyl (C=O) groups excluding carboxylic acids is 1. The number of nitrogens with zero attached hydrogens (tertiary/aromatic N) is 5. The van der Waals surface area contributed by atoms with Gasteiger partial charge in [0.05, 0.1) is 22.4 Å². The van der Waals surface area contributed by atoms with E-state index in [0.717, 1.165) is 15.9 Å². The van der Waals surface area contributed by atoms with Gasteiger partial charge in [0.1, 0.15) is 18.7 Å². The fourth-order valence-corrected chi connectivity index (χ4v) is 2.91. The largest absolute Gasteiger partial charge is 0.292 e. The van der Waals surface area contributed by atoms with Crippen molar-refractivity contribution in [3.8, 4) is 0 Å². The zero-order chi connectivity index (χ0) is 18.8. The van der Waals surface area contributed by atoms with Crippen LogP contribution < -0.4 is 5.32 Å². The molecule has 0 unspecified atom stereocenters. The van der Waals surface area contributed by atoms with Crippen molar-refractivity contribution < 1.29 is 9.18 Å². The second kappa shape index (κ2) is 7.55. The Morgan fingerprint density at radius 1 is 1.35 bits per heavy atom. The summed E-state index contributed by atoms with van der Waals surface area (Å²) in [5.74, 6) is -0.610. The van der Waals surface area contributed by atoms with Gasteiger partial charge in [0.25, 0.3) is 0 Å². The summed E-state index contributed by atoms with van der Waals surface area (Å²) in [4.78, 5) is 16.2. The molecule has 3 aromatic rings. The molecule has 0 aliphatic carbocycles. The normalized spacial score (nSPS) is 11.0. The molecular weight excluding hydrogens is 427 g/mol. The number of amides is 1. The van der Waals surface area contributed by atoms with Crippen molar-refractivity contribution in [2.24, 2.45) is 0 Å². The summed E-state index contributed by atoms with van der Waals surface area (Å²) in [6.45, 7) is 3.86. The van der Waals surface area contributed by atoms with Crippen molar-refractivity contribution in [2.45, 2.75) is 26.9 Å². The molecule has 1 aromatic carbocycles. The Labute approximate surface area is 162 Å². The van der Waals surface area contributed by atoms with Crippen molar-refractivity contribution in [2.75, 3.05) is 5.32 Å². The van der Waals surface area contributed by atoms with E-state index in [0.29, 0.717) is 10.6 Å². The Morgan fingerprint density at radius 3 is 2.77 bits per heavy atom. The number of carbonyl (C=O) groups is 1. The second-order valence-electron chi connectivity index (χ2n) is 5.66. The first-order valence-electron chi connectivity index (χ1n) is 7.67. The maximum Gasteiger partial charge on any atom is 0.248 e. The summed E-state index contributed by atoms with van der Waals surface area (Å²) < 4.78 is 17.7. The monoisotopic (exact) mass is 440 g/mol. The molecule has 0 aliphatic rings. The van der Waals surface area contributed by atoms with Gasteiger partial charge >= 0.3 is 0 Å². The van der Waals surface area contributed by atoms with Gasteiger partial charge in [-0.2, -0.15) is 5.10 Å². The Kier molecular flexibility index (Phi) is 5.38. The van der Waals surface area contributed by atoms with Gasteiger partial charge in [0.2, 0.25) is 11.9 Å². The molecule has 2 heterocycles. The lowest BCUT2D eigenvalue weighted by molar-refractivity contribution is -0.117. The minimum atomic E-state index is -0.423. The smallest absolute Gasteiger partial charge is 0.248 e. The zero-order valence-electron chi connectivity index (χ0n) is 14.0. The van der Waals surface area contributed by atoms with Crippen LogP contribution in [0, 0.1) is 19.7 Å². The minimum Gasteiger partial charge on any atom is -0.292 e. The molecule has 136 valence electrons. The molecule has 0 bridgehead atoms. The standard InChI is InChI=1S/C16H15BrClFN6O/c1-9-15(17)10(2)25(22-9)7-14(26)21-16-20-8-24(23-16)6-11-12(18)4-3-5-13(11)19/h3-5,8H,6-7H2,1-2H3,(H,21,23,26). The molecule has 2 aromatic heterocycles. The van der Waals surface area contributed by atoms with Crippen LogP contribution in [0.25, 0.3) is 0 Å². The third kappa shape index (κ3) is 3.94. The lowest BCUT2D eigenvalue weighted by Gasteiger charge is -2.05. The Hall–Kier alpha value is -2.26. The molecule has 0 radical (unpaired) electrons. The van der Waals surface area contributed by atoms with Crippen LogP contribution in [0.15, 0.2) is 29.0 Å². The summed E-state index contributed by atoms with van der Waals surface area (Å²) in [5.41, 5.74) is 1.97. The highest BCUT2D eigenvalue weighted by atomic mass is 79.9. The van der Waals surface area contributed by atoms with E-state index in [-0.39, 0.29) is 24.9 Å². The van der Waals surface area contributed by atoms with E-state index >= 15 is 0 Å². The van der Waals surface area contributed by atoms with E-state index in [1.807, 2.05) is 13.8 Å². The van der Waals surface area contributed by atoms with Gasteiger partial charge in [-0.1, -0.05) is 17.7 Å². The van der Waals surface area contributed by atoms with E-state index < -0.39 is 5.82 Å². The lowest BCUT2D eigenvalue weighted by Crippen LogP contribution is -2.21. The van der Waals surface area contributed by atoms with Crippen LogP contribution in [-0.4, -0.2) is 30.5 Å². The molecule has 10 heteroatoms. The lowest BCUT2D eigenvalue weighted by atomic mass is 10.2. The van der Waals surface area contributed by atoms with Crippen LogP contribution in [-0.2, 0) is 17.9 Å². The predicted octanol–water partition coefficient (Wildman–Crippen LogP) is 3.33. The molecule has 26 heavy (non-hydrogen) atoms. The van der Waals surface area contributed by atoms with Gasteiger partial charge in [-0.15, -0.1) is 5.10 Å². The highest BCUT2D eigenvalue weighted by Gasteiger charge is 2.14. The quantitative estimate of drug-likeness (QED) is 0.659. The summed E-state index contributed by atoms with van der Waals surface area (Å²) in [6, 6.07) is 4.46. The Balaban J connectivity index is 1.66. The number of anilines is 1. The van der Waals surface area contributed by atoms with E-state index in [2.05, 4.69) is 36.4 Å². The van der Waals surface area contributed by atoms with Crippen LogP contribution in [0.4, 0.5) is 10.3 Å². The summed E-state index contributed by atoms with van der Waals surface area (Å²) in [6.07, 6.45) is 1.40. The Morgan fingerprint density at radius 2 is 2.12 bits per heavy atom. The molecule has 0 aliphatic heterocycles. The predicted molar refractivity (Wildman–Crippen MR) is 98.6 cm³/mol. The molecule has 0 atom stereocenters. The van der Waals surface area contributed by atoms with Crippen LogP contribution in [0.2, 0.25) is 5.02 Å². The highest BCUT2D eigenvalue weighted by molar-refractivity contribution is 9.10. The second-order valence-corrected chi connectivity index (χ2v) is 6.86. The number of halogens is 3. The average molecular weight is 442 g/mol. The molecule has 3 rings (SSSR count). The van der Waals surface area contributed by atoms with Gasteiger partial charge in [-0.3, -0.25) is 14.8 Å². The number of rotatable bonds is 5. The number of aryl methyl sites for hydroxylation is 1. The topological polar surface area (TPSA) is 77.6 Å². The summed E-state index contributed by atoms with van der Waals surface area (Å²) >= 11 is 9.42. The first-order chi connectivity index (χ1) is 12.3. The molecule has 0 spiro atoms. The van der Waals surface area contributed by atoms with E-state index in [1.54, 1.807) is 10.7 Å². The van der Waals surface area contributed by atoms with Crippen LogP contribution in [0.3, 0.4) is 0 Å². The van der Waals surface area contributed by atoms with Gasteiger partial charge in [0.15, 0.2) is 0 Å². The van der Waals surface area contributed by atoms with Crippen molar-refractivity contribution in [3.05, 3.63) is 56.8 Å². The average Bonchev–Trinajstić information content (AvgIpc) is 3.11. The maximum absolute atomic E-state index is 13.8. The molecule has 1 N–H and O–H groups in total. The van der Waals surface area contributed by atoms with Crippen molar-refractivity contribution >= 4 is 39.4 Å². The molecule has 0 fully saturated rings. The van der Waals surface area contributed by atoms with Crippen molar-refractivity contribution in [3.63, 3.8) is 0 Å². The van der Waals surface area contributed by atoms with Crippen molar-refractivity contribution in [1.82, 2.24) is 24.5 Å². The summed E-state index contributed by atoms with van der Waals surface area (Å²) in [5, 5.41) is 11.3. The van der Waals surface area contributed by atoms with E-state index in [1.165, 1.54) is 23.1 Å². The van der Waals surface area contributed by atoms with Crippen LogP contribution in [0.5, 0.6) is 0 Å². The van der Waals surface area contributed by atoms with E-state index in [4.69, 9.17) is 11.6 Å². The number of benzene rings is 1. The molecular formula is C16H15BrClFN6O. The number of aromatic nitrogens is 5. The number of hydrogen-bond donors (Lipinski definition) is 1. The Bertz CT molecular complexity index is 950. The van der Waals surface area contributed by atoms with Crippen molar-refractivity contribution in [1.29, 1.82) is 0 Å². The fraction of sp³-hybridized carbons (Fsp3) is 0.250. The highest BCUT2D eigenvalue weighted by Crippen LogP contribution is 2.20. The van der Waals surface area contributed by atoms with Gasteiger partial charge in [0, 0.05) is 10.6 Å². The first kappa shape index (κ1) is 18.5. The van der Waals surface area contributed by atoms with Crippen LogP contribution >= 0.6 is 27.5 Å². The summed E-state index contributed by atoms with van der Waals surface area (Å²) in [7, 11) is 0. The maximum atomic E-state index is 13.8. The molecule has 0 saturated heterocycles. The number of hydrogen-bond acceptors (Lipinski definition) is 4. The molecule has 0 saturated carbocycles. The third-order valence-corrected chi connectivity index (χ3v) is 5.26. The SMILES string of the molecule is Cc1nn(CC(=O)Nc2ncn(Cc3c(F)cccc3Cl)n2)c(C)c1Br. The van der Waals surface area contributed by atoms with Gasteiger partial charge < -0.3 is 0 Å². The molecule has 1 amide bonds. The molecule has 7 nitrogen and oxygen atoms in total. The van der Waals surface area contributed by atoms with Crippen LogP contribution in [0.1, 0.15) is 17.0 Å². The van der Waals surface area contributed by atoms with E-state index in [9.17, 15) is 9.18 Å². The minimum absolute atomic E-state index is 0.0337.